The molecule has 0 fully saturated rings. The van der Waals surface area contributed by atoms with Crippen LogP contribution < -0.4 is 16.4 Å². The molecule has 21 heavy (non-hydrogen) atoms. The van der Waals surface area contributed by atoms with Gasteiger partial charge in [-0.15, -0.1) is 0 Å². The third-order valence-electron chi connectivity index (χ3n) is 2.41. The molecule has 1 atom stereocenters. The third kappa shape index (κ3) is 7.15. The van der Waals surface area contributed by atoms with Crippen LogP contribution >= 0.6 is 11.6 Å². The Morgan fingerprint density at radius 1 is 1.43 bits per heavy atom. The summed E-state index contributed by atoms with van der Waals surface area (Å²) in [5.74, 6) is -0.444. The lowest BCUT2D eigenvalue weighted by Gasteiger charge is -2.22. The summed E-state index contributed by atoms with van der Waals surface area (Å²) in [7, 11) is 0. The number of anilines is 1. The standard InChI is InChI=1S/C14H21ClFN3O2/c1-14(2,3)21-13(20)18-8-12(7-17)19-11-5-9(15)4-10(16)6-11/h4-6,12,19H,7-8,17H2,1-3H3,(H,18,20). The maximum absolute atomic E-state index is 13.2. The molecule has 0 aliphatic heterocycles. The number of hydrogen-bond donors (Lipinski definition) is 3. The first-order chi connectivity index (χ1) is 9.69. The van der Waals surface area contributed by atoms with Gasteiger partial charge < -0.3 is 21.1 Å². The van der Waals surface area contributed by atoms with E-state index in [4.69, 9.17) is 22.1 Å². The highest BCUT2D eigenvalue weighted by atomic mass is 35.5. The van der Waals surface area contributed by atoms with Crippen LogP contribution in [0, 0.1) is 5.82 Å². The molecular formula is C14H21ClFN3O2. The molecule has 0 radical (unpaired) electrons. The fraction of sp³-hybridized carbons (Fsp3) is 0.500. The number of carbonyl (C=O) groups is 1. The highest BCUT2D eigenvalue weighted by molar-refractivity contribution is 6.30. The van der Waals surface area contributed by atoms with E-state index in [1.54, 1.807) is 26.8 Å². The molecule has 0 aliphatic rings. The second-order valence-corrected chi connectivity index (χ2v) is 6.05. The van der Waals surface area contributed by atoms with Crippen molar-refractivity contribution in [1.82, 2.24) is 5.32 Å². The lowest BCUT2D eigenvalue weighted by Crippen LogP contribution is -2.42. The van der Waals surface area contributed by atoms with Crippen molar-refractivity contribution >= 4 is 23.4 Å². The Hall–Kier alpha value is -1.53. The highest BCUT2D eigenvalue weighted by Gasteiger charge is 2.17. The van der Waals surface area contributed by atoms with Crippen LogP contribution in [-0.2, 0) is 4.74 Å². The van der Waals surface area contributed by atoms with Crippen molar-refractivity contribution in [3.8, 4) is 0 Å². The molecule has 0 spiro atoms. The van der Waals surface area contributed by atoms with Crippen LogP contribution in [0.15, 0.2) is 18.2 Å². The number of carbonyl (C=O) groups excluding carboxylic acids is 1. The zero-order valence-corrected chi connectivity index (χ0v) is 13.1. The smallest absolute Gasteiger partial charge is 0.407 e. The minimum absolute atomic E-state index is 0.250. The van der Waals surface area contributed by atoms with Crippen LogP contribution in [0.3, 0.4) is 0 Å². The van der Waals surface area contributed by atoms with Gasteiger partial charge in [-0.25, -0.2) is 9.18 Å². The minimum atomic E-state index is -0.564. The van der Waals surface area contributed by atoms with Crippen molar-refractivity contribution < 1.29 is 13.9 Å². The monoisotopic (exact) mass is 317 g/mol. The molecule has 1 rings (SSSR count). The molecule has 5 nitrogen and oxygen atoms in total. The van der Waals surface area contributed by atoms with Gasteiger partial charge in [-0.3, -0.25) is 0 Å². The van der Waals surface area contributed by atoms with Gasteiger partial charge in [-0.2, -0.15) is 0 Å². The molecule has 1 aromatic rings. The summed E-state index contributed by atoms with van der Waals surface area (Å²) in [6, 6.07) is 3.83. The molecule has 0 saturated heterocycles. The number of amides is 1. The van der Waals surface area contributed by atoms with Crippen LogP contribution in [0.1, 0.15) is 20.8 Å². The number of nitrogens with two attached hydrogens (primary N) is 1. The molecule has 7 heteroatoms. The molecule has 0 aliphatic carbocycles. The lowest BCUT2D eigenvalue weighted by atomic mass is 10.2. The Morgan fingerprint density at radius 2 is 2.10 bits per heavy atom. The summed E-state index contributed by atoms with van der Waals surface area (Å²) in [6.07, 6.45) is -0.528. The lowest BCUT2D eigenvalue weighted by molar-refractivity contribution is 0.0526. The second kappa shape index (κ2) is 7.47. The van der Waals surface area contributed by atoms with Gasteiger partial charge in [0.05, 0.1) is 6.04 Å². The molecule has 118 valence electrons. The van der Waals surface area contributed by atoms with E-state index in [0.29, 0.717) is 5.69 Å². The largest absolute Gasteiger partial charge is 0.444 e. The predicted octanol–water partition coefficient (Wildman–Crippen LogP) is 2.74. The molecule has 1 amide bonds. The fourth-order valence-electron chi connectivity index (χ4n) is 1.59. The van der Waals surface area contributed by atoms with Gasteiger partial charge in [-0.1, -0.05) is 11.6 Å². The van der Waals surface area contributed by atoms with Gasteiger partial charge in [0.15, 0.2) is 0 Å². The van der Waals surface area contributed by atoms with Crippen molar-refractivity contribution in [3.05, 3.63) is 29.0 Å². The molecule has 4 N–H and O–H groups in total. The van der Waals surface area contributed by atoms with Crippen LogP contribution in [0.2, 0.25) is 5.02 Å². The average molecular weight is 318 g/mol. The molecule has 0 heterocycles. The summed E-state index contributed by atoms with van der Waals surface area (Å²) >= 11 is 5.78. The molecule has 0 bridgehead atoms. The van der Waals surface area contributed by atoms with Crippen molar-refractivity contribution in [1.29, 1.82) is 0 Å². The van der Waals surface area contributed by atoms with Crippen LogP contribution in [-0.4, -0.2) is 30.8 Å². The molecule has 0 saturated carbocycles. The van der Waals surface area contributed by atoms with E-state index in [2.05, 4.69) is 10.6 Å². The first-order valence-corrected chi connectivity index (χ1v) is 6.97. The summed E-state index contributed by atoms with van der Waals surface area (Å²) in [5.41, 5.74) is 5.57. The Kier molecular flexibility index (Phi) is 6.23. The van der Waals surface area contributed by atoms with Crippen molar-refractivity contribution in [2.24, 2.45) is 5.73 Å². The number of rotatable bonds is 5. The predicted molar refractivity (Wildman–Crippen MR) is 82.1 cm³/mol. The van der Waals surface area contributed by atoms with Crippen LogP contribution in [0.4, 0.5) is 14.9 Å². The molecule has 0 aromatic heterocycles. The normalized spacial score (nSPS) is 12.7. The van der Waals surface area contributed by atoms with Crippen molar-refractivity contribution in [2.75, 3.05) is 18.4 Å². The van der Waals surface area contributed by atoms with E-state index in [-0.39, 0.29) is 24.2 Å². The van der Waals surface area contributed by atoms with E-state index >= 15 is 0 Å². The Morgan fingerprint density at radius 3 is 2.62 bits per heavy atom. The zero-order chi connectivity index (χ0) is 16.0. The molecule has 1 unspecified atom stereocenters. The summed E-state index contributed by atoms with van der Waals surface area (Å²) < 4.78 is 18.4. The summed E-state index contributed by atoms with van der Waals surface area (Å²) in [5, 5.41) is 5.90. The van der Waals surface area contributed by atoms with Crippen molar-refractivity contribution in [3.63, 3.8) is 0 Å². The van der Waals surface area contributed by atoms with E-state index in [0.717, 1.165) is 0 Å². The minimum Gasteiger partial charge on any atom is -0.444 e. The summed E-state index contributed by atoms with van der Waals surface area (Å²) in [6.45, 7) is 5.84. The number of hydrogen-bond acceptors (Lipinski definition) is 4. The summed E-state index contributed by atoms with van der Waals surface area (Å²) in [4.78, 5) is 11.6. The van der Waals surface area contributed by atoms with Crippen LogP contribution in [0.5, 0.6) is 0 Å². The fourth-order valence-corrected chi connectivity index (χ4v) is 1.81. The third-order valence-corrected chi connectivity index (χ3v) is 2.63. The SMILES string of the molecule is CC(C)(C)OC(=O)NCC(CN)Nc1cc(F)cc(Cl)c1. The number of alkyl carbamates (subject to hydrolysis) is 1. The first kappa shape index (κ1) is 17.5. The Balaban J connectivity index is 2.54. The van der Waals surface area contributed by atoms with Gasteiger partial charge >= 0.3 is 6.09 Å². The second-order valence-electron chi connectivity index (χ2n) is 5.62. The molecular weight excluding hydrogens is 297 g/mol. The maximum Gasteiger partial charge on any atom is 0.407 e. The average Bonchev–Trinajstić information content (AvgIpc) is 2.31. The van der Waals surface area contributed by atoms with Crippen LogP contribution in [0.25, 0.3) is 0 Å². The van der Waals surface area contributed by atoms with E-state index in [1.165, 1.54) is 12.1 Å². The topological polar surface area (TPSA) is 76.4 Å². The quantitative estimate of drug-likeness (QED) is 0.780. The Bertz CT molecular complexity index is 471. The van der Waals surface area contributed by atoms with Gasteiger partial charge in [-0.05, 0) is 39.0 Å². The van der Waals surface area contributed by atoms with Gasteiger partial charge in [0.1, 0.15) is 11.4 Å². The van der Waals surface area contributed by atoms with Gasteiger partial charge in [0, 0.05) is 23.8 Å². The Labute approximate surface area is 129 Å². The highest BCUT2D eigenvalue weighted by Crippen LogP contribution is 2.18. The van der Waals surface area contributed by atoms with E-state index < -0.39 is 17.5 Å². The number of benzene rings is 1. The van der Waals surface area contributed by atoms with Gasteiger partial charge in [0.2, 0.25) is 0 Å². The van der Waals surface area contributed by atoms with E-state index in [1.807, 2.05) is 0 Å². The number of nitrogens with one attached hydrogen (secondary N) is 2. The zero-order valence-electron chi connectivity index (χ0n) is 12.4. The van der Waals surface area contributed by atoms with E-state index in [9.17, 15) is 9.18 Å². The number of halogens is 2. The molecule has 1 aromatic carbocycles. The number of ether oxygens (including phenoxy) is 1. The van der Waals surface area contributed by atoms with Gasteiger partial charge in [0.25, 0.3) is 0 Å². The van der Waals surface area contributed by atoms with Crippen molar-refractivity contribution in [2.45, 2.75) is 32.4 Å². The first-order valence-electron chi connectivity index (χ1n) is 6.59. The maximum atomic E-state index is 13.2.